The Bertz CT molecular complexity index is 819. The molecule has 1 heterocycles. The summed E-state index contributed by atoms with van der Waals surface area (Å²) in [5.41, 5.74) is 9.01. The van der Waals surface area contributed by atoms with Gasteiger partial charge in [0.1, 0.15) is 0 Å². The zero-order valence-corrected chi connectivity index (χ0v) is 13.8. The number of likely N-dealkylation sites (N-methyl/N-ethyl adjacent to an activating group) is 1. The van der Waals surface area contributed by atoms with Crippen LogP contribution in [0.15, 0.2) is 71.6 Å². The number of hydrogen-bond acceptors (Lipinski definition) is 4. The Morgan fingerprint density at radius 3 is 2.61 bits per heavy atom. The van der Waals surface area contributed by atoms with Gasteiger partial charge in [0, 0.05) is 24.2 Å². The fourth-order valence-corrected chi connectivity index (χ4v) is 4.30. The number of hydrazine groups is 1. The van der Waals surface area contributed by atoms with Crippen molar-refractivity contribution in [3.63, 3.8) is 0 Å². The van der Waals surface area contributed by atoms with Gasteiger partial charge in [0.2, 0.25) is 0 Å². The number of fused-ring (bicyclic) bond motifs is 3. The van der Waals surface area contributed by atoms with Crippen LogP contribution in [0.4, 0.5) is 11.4 Å². The van der Waals surface area contributed by atoms with Crippen LogP contribution in [-0.2, 0) is 0 Å². The summed E-state index contributed by atoms with van der Waals surface area (Å²) >= 11 is 1.93. The Morgan fingerprint density at radius 2 is 1.74 bits per heavy atom. The fraction of sp³-hybridized carbons (Fsp3) is 0.158. The second kappa shape index (κ2) is 6.14. The number of nitrogens with one attached hydrogen (secondary N) is 2. The first kappa shape index (κ1) is 14.4. The van der Waals surface area contributed by atoms with Crippen LogP contribution in [0.2, 0.25) is 0 Å². The third kappa shape index (κ3) is 2.76. The van der Waals surface area contributed by atoms with E-state index in [1.54, 1.807) is 0 Å². The molecule has 1 aliphatic rings. The van der Waals surface area contributed by atoms with Crippen LogP contribution in [0.5, 0.6) is 0 Å². The van der Waals surface area contributed by atoms with E-state index in [9.17, 15) is 0 Å². The second-order valence-electron chi connectivity index (χ2n) is 5.69. The molecule has 4 rings (SSSR count). The van der Waals surface area contributed by atoms with Crippen LogP contribution in [0.3, 0.4) is 0 Å². The predicted molar refractivity (Wildman–Crippen MR) is 100 cm³/mol. The smallest absolute Gasteiger partial charge is 0.0937 e. The summed E-state index contributed by atoms with van der Waals surface area (Å²) in [5.74, 6) is 0. The molecule has 1 unspecified atom stereocenters. The maximum absolute atomic E-state index is 3.34. The predicted octanol–water partition coefficient (Wildman–Crippen LogP) is 4.32. The molecule has 3 nitrogen and oxygen atoms in total. The minimum absolute atomic E-state index is 0.381. The van der Waals surface area contributed by atoms with E-state index in [1.807, 2.05) is 30.0 Å². The highest BCUT2D eigenvalue weighted by molar-refractivity contribution is 8.00. The van der Waals surface area contributed by atoms with Crippen LogP contribution >= 0.6 is 11.8 Å². The molecule has 1 atom stereocenters. The van der Waals surface area contributed by atoms with Crippen molar-refractivity contribution in [1.29, 1.82) is 0 Å². The molecule has 0 aliphatic carbocycles. The fourth-order valence-electron chi connectivity index (χ4n) is 2.94. The molecule has 3 aromatic rings. The van der Waals surface area contributed by atoms with Gasteiger partial charge in [0.25, 0.3) is 0 Å². The second-order valence-corrected chi connectivity index (χ2v) is 6.88. The van der Waals surface area contributed by atoms with Gasteiger partial charge in [-0.2, -0.15) is 0 Å². The molecule has 0 fully saturated rings. The first-order valence-corrected chi connectivity index (χ1v) is 8.66. The SMILES string of the molecule is CN1c2ccc3ccccc3c2SC1CNNc1ccccc1. The monoisotopic (exact) mass is 321 g/mol. The lowest BCUT2D eigenvalue weighted by molar-refractivity contribution is 0.729. The standard InChI is InChI=1S/C19H19N3S/c1-22-17-12-11-14-7-5-6-10-16(14)19(17)23-18(22)13-20-21-15-8-3-2-4-9-15/h2-12,18,20-21H,13H2,1H3. The lowest BCUT2D eigenvalue weighted by Crippen LogP contribution is -2.37. The van der Waals surface area contributed by atoms with Crippen molar-refractivity contribution in [3.8, 4) is 0 Å². The Morgan fingerprint density at radius 1 is 0.957 bits per heavy atom. The zero-order chi connectivity index (χ0) is 15.6. The summed E-state index contributed by atoms with van der Waals surface area (Å²) in [4.78, 5) is 3.74. The number of rotatable bonds is 4. The molecule has 1 aliphatic heterocycles. The Balaban J connectivity index is 1.48. The van der Waals surface area contributed by atoms with Crippen LogP contribution < -0.4 is 15.8 Å². The minimum atomic E-state index is 0.381. The highest BCUT2D eigenvalue weighted by atomic mass is 32.2. The van der Waals surface area contributed by atoms with Crippen molar-refractivity contribution < 1.29 is 0 Å². The first-order chi connectivity index (χ1) is 11.3. The Kier molecular flexibility index (Phi) is 3.85. The van der Waals surface area contributed by atoms with E-state index in [-0.39, 0.29) is 0 Å². The molecular weight excluding hydrogens is 302 g/mol. The number of benzene rings is 3. The lowest BCUT2D eigenvalue weighted by atomic mass is 10.1. The van der Waals surface area contributed by atoms with Gasteiger partial charge in [0.05, 0.1) is 11.1 Å². The van der Waals surface area contributed by atoms with E-state index in [0.29, 0.717) is 5.37 Å². The van der Waals surface area contributed by atoms with Crippen LogP contribution in [0, 0.1) is 0 Å². The summed E-state index contributed by atoms with van der Waals surface area (Å²) in [7, 11) is 2.17. The number of nitrogens with zero attached hydrogens (tertiary/aromatic N) is 1. The van der Waals surface area contributed by atoms with Gasteiger partial charge in [-0.3, -0.25) is 0 Å². The lowest BCUT2D eigenvalue weighted by Gasteiger charge is -2.22. The maximum Gasteiger partial charge on any atom is 0.0937 e. The van der Waals surface area contributed by atoms with E-state index in [4.69, 9.17) is 0 Å². The van der Waals surface area contributed by atoms with E-state index in [0.717, 1.165) is 12.2 Å². The highest BCUT2D eigenvalue weighted by Gasteiger charge is 2.28. The summed E-state index contributed by atoms with van der Waals surface area (Å²) < 4.78 is 0. The van der Waals surface area contributed by atoms with E-state index in [2.05, 4.69) is 71.3 Å². The summed E-state index contributed by atoms with van der Waals surface area (Å²) in [6.45, 7) is 0.860. The molecule has 4 heteroatoms. The van der Waals surface area contributed by atoms with Gasteiger partial charge < -0.3 is 10.3 Å². The summed E-state index contributed by atoms with van der Waals surface area (Å²) in [5, 5.41) is 3.04. The Hall–Kier alpha value is -2.17. The molecule has 0 spiro atoms. The first-order valence-electron chi connectivity index (χ1n) is 7.78. The van der Waals surface area contributed by atoms with E-state index in [1.165, 1.54) is 21.4 Å². The zero-order valence-electron chi connectivity index (χ0n) is 13.0. The molecule has 0 amide bonds. The number of hydrogen-bond donors (Lipinski definition) is 2. The van der Waals surface area contributed by atoms with Crippen molar-refractivity contribution >= 4 is 33.9 Å². The van der Waals surface area contributed by atoms with Crippen molar-refractivity contribution in [2.75, 3.05) is 23.9 Å². The van der Waals surface area contributed by atoms with E-state index < -0.39 is 0 Å². The van der Waals surface area contributed by atoms with Gasteiger partial charge in [-0.05, 0) is 29.0 Å². The van der Waals surface area contributed by atoms with Gasteiger partial charge >= 0.3 is 0 Å². The van der Waals surface area contributed by atoms with Crippen molar-refractivity contribution in [1.82, 2.24) is 5.43 Å². The molecule has 0 bridgehead atoms. The van der Waals surface area contributed by atoms with Crippen LogP contribution in [-0.4, -0.2) is 19.0 Å². The minimum Gasteiger partial charge on any atom is -0.360 e. The highest BCUT2D eigenvalue weighted by Crippen LogP contribution is 2.46. The summed E-state index contributed by atoms with van der Waals surface area (Å²) in [6, 6.07) is 23.2. The molecule has 116 valence electrons. The molecule has 2 N–H and O–H groups in total. The average Bonchev–Trinajstić information content (AvgIpc) is 2.93. The molecule has 0 aromatic heterocycles. The molecule has 23 heavy (non-hydrogen) atoms. The number of thioether (sulfide) groups is 1. The van der Waals surface area contributed by atoms with Crippen LogP contribution in [0.25, 0.3) is 10.8 Å². The molecule has 0 saturated heterocycles. The number of para-hydroxylation sites is 1. The quantitative estimate of drug-likeness (QED) is 0.700. The van der Waals surface area contributed by atoms with Crippen LogP contribution in [0.1, 0.15) is 0 Å². The van der Waals surface area contributed by atoms with Gasteiger partial charge in [-0.1, -0.05) is 60.3 Å². The molecule has 0 saturated carbocycles. The topological polar surface area (TPSA) is 27.3 Å². The van der Waals surface area contributed by atoms with Gasteiger partial charge in [-0.25, -0.2) is 5.43 Å². The summed E-state index contributed by atoms with van der Waals surface area (Å²) in [6.07, 6.45) is 0. The van der Waals surface area contributed by atoms with Gasteiger partial charge in [-0.15, -0.1) is 0 Å². The molecule has 3 aromatic carbocycles. The Labute approximate surface area is 140 Å². The normalized spacial score (nSPS) is 16.6. The third-order valence-corrected chi connectivity index (χ3v) is 5.63. The van der Waals surface area contributed by atoms with Crippen molar-refractivity contribution in [2.24, 2.45) is 0 Å². The molecule has 0 radical (unpaired) electrons. The van der Waals surface area contributed by atoms with Gasteiger partial charge in [0.15, 0.2) is 0 Å². The molecular formula is C19H19N3S. The van der Waals surface area contributed by atoms with Crippen molar-refractivity contribution in [2.45, 2.75) is 10.3 Å². The van der Waals surface area contributed by atoms with E-state index >= 15 is 0 Å². The third-order valence-electron chi connectivity index (χ3n) is 4.21. The number of anilines is 2. The largest absolute Gasteiger partial charge is 0.360 e. The average molecular weight is 321 g/mol. The van der Waals surface area contributed by atoms with Crippen molar-refractivity contribution in [3.05, 3.63) is 66.7 Å². The maximum atomic E-state index is 3.34.